The first-order valence-electron chi connectivity index (χ1n) is 6.47. The van der Waals surface area contributed by atoms with Gasteiger partial charge in [0.15, 0.2) is 0 Å². The molecule has 1 heterocycles. The summed E-state index contributed by atoms with van der Waals surface area (Å²) < 4.78 is 5.52. The largest absolute Gasteiger partial charge is 0.478 e. The van der Waals surface area contributed by atoms with E-state index in [1.807, 2.05) is 12.1 Å². The van der Waals surface area contributed by atoms with Crippen LogP contribution in [0.25, 0.3) is 6.08 Å². The van der Waals surface area contributed by atoms with Crippen LogP contribution in [0.15, 0.2) is 24.3 Å². The zero-order valence-corrected chi connectivity index (χ0v) is 12.4. The first kappa shape index (κ1) is 14.9. The van der Waals surface area contributed by atoms with Crippen LogP contribution in [-0.2, 0) is 9.53 Å². The number of carbonyl (C=O) groups is 1. The summed E-state index contributed by atoms with van der Waals surface area (Å²) in [5.74, 6) is -0.989. The van der Waals surface area contributed by atoms with E-state index in [2.05, 4.69) is 18.7 Å². The van der Waals surface area contributed by atoms with Crippen molar-refractivity contribution in [3.8, 4) is 0 Å². The Kier molecular flexibility index (Phi) is 4.35. The fourth-order valence-electron chi connectivity index (χ4n) is 2.39. The van der Waals surface area contributed by atoms with Crippen LogP contribution >= 0.6 is 11.6 Å². The van der Waals surface area contributed by atoms with Crippen LogP contribution in [0, 0.1) is 0 Å². The predicted octanol–water partition coefficient (Wildman–Crippen LogP) is 3.05. The van der Waals surface area contributed by atoms with Gasteiger partial charge in [0, 0.05) is 28.9 Å². The van der Waals surface area contributed by atoms with Crippen LogP contribution in [0.4, 0.5) is 5.69 Å². The Bertz CT molecular complexity index is 540. The molecule has 1 aliphatic heterocycles. The van der Waals surface area contributed by atoms with E-state index in [0.29, 0.717) is 18.2 Å². The molecule has 2 rings (SSSR count). The molecule has 0 saturated carbocycles. The highest BCUT2D eigenvalue weighted by Gasteiger charge is 2.31. The summed E-state index contributed by atoms with van der Waals surface area (Å²) in [5, 5.41) is 9.35. The molecule has 1 saturated heterocycles. The topological polar surface area (TPSA) is 49.8 Å². The Morgan fingerprint density at radius 1 is 1.50 bits per heavy atom. The van der Waals surface area contributed by atoms with Crippen molar-refractivity contribution < 1.29 is 14.6 Å². The van der Waals surface area contributed by atoms with Crippen LogP contribution in [-0.4, -0.2) is 36.4 Å². The monoisotopic (exact) mass is 295 g/mol. The molecule has 4 nitrogen and oxygen atoms in total. The molecule has 1 aromatic rings. The highest BCUT2D eigenvalue weighted by molar-refractivity contribution is 6.32. The molecule has 0 aliphatic carbocycles. The molecule has 0 radical (unpaired) electrons. The smallest absolute Gasteiger partial charge is 0.328 e. The number of benzene rings is 1. The molecule has 0 spiro atoms. The van der Waals surface area contributed by atoms with Gasteiger partial charge in [-0.05, 0) is 32.1 Å². The Hall–Kier alpha value is -1.52. The minimum Gasteiger partial charge on any atom is -0.478 e. The van der Waals surface area contributed by atoms with Gasteiger partial charge in [-0.3, -0.25) is 0 Å². The number of hydrogen-bond acceptors (Lipinski definition) is 3. The number of carboxylic acid groups (broad SMARTS) is 1. The second-order valence-corrected chi connectivity index (χ2v) is 5.77. The van der Waals surface area contributed by atoms with E-state index in [-0.39, 0.29) is 5.54 Å². The predicted molar refractivity (Wildman–Crippen MR) is 80.4 cm³/mol. The van der Waals surface area contributed by atoms with Crippen molar-refractivity contribution in [2.45, 2.75) is 19.4 Å². The van der Waals surface area contributed by atoms with Gasteiger partial charge in [0.1, 0.15) is 0 Å². The average molecular weight is 296 g/mol. The van der Waals surface area contributed by atoms with E-state index in [1.54, 1.807) is 12.1 Å². The normalized spacial score (nSPS) is 18.4. The lowest BCUT2D eigenvalue weighted by atomic mass is 9.99. The molecule has 1 fully saturated rings. The maximum atomic E-state index is 10.7. The van der Waals surface area contributed by atoms with E-state index in [9.17, 15) is 4.79 Å². The van der Waals surface area contributed by atoms with Gasteiger partial charge in [0.05, 0.1) is 18.8 Å². The minimum atomic E-state index is -0.989. The van der Waals surface area contributed by atoms with E-state index in [1.165, 1.54) is 0 Å². The van der Waals surface area contributed by atoms with Crippen LogP contribution in [0.5, 0.6) is 0 Å². The Morgan fingerprint density at radius 2 is 2.25 bits per heavy atom. The van der Waals surface area contributed by atoms with E-state index in [4.69, 9.17) is 21.4 Å². The fourth-order valence-corrected chi connectivity index (χ4v) is 2.62. The molecular formula is C15H18ClNO3. The molecule has 5 heteroatoms. The summed E-state index contributed by atoms with van der Waals surface area (Å²) in [7, 11) is 0. The lowest BCUT2D eigenvalue weighted by molar-refractivity contribution is -0.131. The molecule has 0 aromatic heterocycles. The SMILES string of the molecule is CC1(C)COCCN1c1cccc(Cl)c1C=CC(=O)O. The number of aliphatic carboxylic acids is 1. The first-order chi connectivity index (χ1) is 9.42. The van der Waals surface area contributed by atoms with Crippen LogP contribution in [0.1, 0.15) is 19.4 Å². The van der Waals surface area contributed by atoms with Gasteiger partial charge in [0.25, 0.3) is 0 Å². The minimum absolute atomic E-state index is 0.158. The number of halogens is 1. The molecule has 0 unspecified atom stereocenters. The molecule has 0 amide bonds. The molecule has 1 aliphatic rings. The van der Waals surface area contributed by atoms with Crippen LogP contribution in [0.2, 0.25) is 5.02 Å². The summed E-state index contributed by atoms with van der Waals surface area (Å²) >= 11 is 6.22. The zero-order valence-electron chi connectivity index (χ0n) is 11.6. The van der Waals surface area contributed by atoms with E-state index in [0.717, 1.165) is 23.9 Å². The standard InChI is InChI=1S/C15H18ClNO3/c1-15(2)10-20-9-8-17(15)13-5-3-4-12(16)11(13)6-7-14(18)19/h3-7H,8-10H2,1-2H3,(H,18,19). The van der Waals surface area contributed by atoms with Crippen LogP contribution < -0.4 is 4.90 Å². The second-order valence-electron chi connectivity index (χ2n) is 5.36. The molecule has 0 atom stereocenters. The van der Waals surface area contributed by atoms with Crippen molar-refractivity contribution in [3.63, 3.8) is 0 Å². The third-order valence-corrected chi connectivity index (χ3v) is 3.69. The Balaban J connectivity index is 2.45. The number of ether oxygens (including phenoxy) is 1. The number of morpholine rings is 1. The third-order valence-electron chi connectivity index (χ3n) is 3.36. The van der Waals surface area contributed by atoms with Gasteiger partial charge in [-0.1, -0.05) is 17.7 Å². The van der Waals surface area contributed by atoms with Gasteiger partial charge >= 0.3 is 5.97 Å². The molecule has 1 aromatic carbocycles. The highest BCUT2D eigenvalue weighted by atomic mass is 35.5. The average Bonchev–Trinajstić information content (AvgIpc) is 2.36. The van der Waals surface area contributed by atoms with E-state index >= 15 is 0 Å². The van der Waals surface area contributed by atoms with Crippen molar-refractivity contribution in [2.75, 3.05) is 24.7 Å². The lowest BCUT2D eigenvalue weighted by Crippen LogP contribution is -2.53. The molecule has 1 N–H and O–H groups in total. The van der Waals surface area contributed by atoms with Gasteiger partial charge in [0.2, 0.25) is 0 Å². The number of anilines is 1. The van der Waals surface area contributed by atoms with Gasteiger partial charge in [-0.15, -0.1) is 0 Å². The summed E-state index contributed by atoms with van der Waals surface area (Å²) in [6.45, 7) is 6.22. The number of carboxylic acids is 1. The number of rotatable bonds is 3. The summed E-state index contributed by atoms with van der Waals surface area (Å²) in [6.07, 6.45) is 2.66. The van der Waals surface area contributed by atoms with Crippen molar-refractivity contribution in [2.24, 2.45) is 0 Å². The maximum absolute atomic E-state index is 10.7. The van der Waals surface area contributed by atoms with Crippen LogP contribution in [0.3, 0.4) is 0 Å². The summed E-state index contributed by atoms with van der Waals surface area (Å²) in [4.78, 5) is 12.9. The summed E-state index contributed by atoms with van der Waals surface area (Å²) in [6, 6.07) is 5.60. The number of nitrogens with zero attached hydrogens (tertiary/aromatic N) is 1. The van der Waals surface area contributed by atoms with Gasteiger partial charge in [-0.25, -0.2) is 4.79 Å². The Labute approximate surface area is 123 Å². The third kappa shape index (κ3) is 3.14. The highest BCUT2D eigenvalue weighted by Crippen LogP contribution is 2.34. The maximum Gasteiger partial charge on any atom is 0.328 e. The van der Waals surface area contributed by atoms with Crippen molar-refractivity contribution >= 4 is 29.3 Å². The molecular weight excluding hydrogens is 278 g/mol. The van der Waals surface area contributed by atoms with Crippen molar-refractivity contribution in [3.05, 3.63) is 34.9 Å². The fraction of sp³-hybridized carbons (Fsp3) is 0.400. The van der Waals surface area contributed by atoms with Crippen molar-refractivity contribution in [1.82, 2.24) is 0 Å². The zero-order chi connectivity index (χ0) is 14.8. The lowest BCUT2D eigenvalue weighted by Gasteiger charge is -2.44. The molecule has 20 heavy (non-hydrogen) atoms. The van der Waals surface area contributed by atoms with Crippen molar-refractivity contribution in [1.29, 1.82) is 0 Å². The molecule has 108 valence electrons. The summed E-state index contributed by atoms with van der Waals surface area (Å²) in [5.41, 5.74) is 1.50. The quantitative estimate of drug-likeness (QED) is 0.871. The van der Waals surface area contributed by atoms with Gasteiger partial charge < -0.3 is 14.7 Å². The van der Waals surface area contributed by atoms with Gasteiger partial charge in [-0.2, -0.15) is 0 Å². The Morgan fingerprint density at radius 3 is 2.90 bits per heavy atom. The second kappa shape index (κ2) is 5.85. The first-order valence-corrected chi connectivity index (χ1v) is 6.84. The van der Waals surface area contributed by atoms with E-state index < -0.39 is 5.97 Å². The number of hydrogen-bond donors (Lipinski definition) is 1. The molecule has 0 bridgehead atoms.